The molecule has 0 saturated carbocycles. The third-order valence-corrected chi connectivity index (χ3v) is 2.99. The molecule has 1 atom stereocenters. The molecule has 16 heavy (non-hydrogen) atoms. The van der Waals surface area contributed by atoms with Gasteiger partial charge in [-0.1, -0.05) is 15.9 Å². The van der Waals surface area contributed by atoms with Crippen molar-refractivity contribution in [3.8, 4) is 0 Å². The summed E-state index contributed by atoms with van der Waals surface area (Å²) in [4.78, 5) is 22.8. The van der Waals surface area contributed by atoms with Crippen molar-refractivity contribution in [2.24, 2.45) is 0 Å². The lowest BCUT2D eigenvalue weighted by molar-refractivity contribution is -0.127. The Balaban J connectivity index is 2.08. The summed E-state index contributed by atoms with van der Waals surface area (Å²) >= 11 is 3.28. The fourth-order valence-electron chi connectivity index (χ4n) is 1.56. The lowest BCUT2D eigenvalue weighted by atomic mass is 10.2. The molecule has 0 spiro atoms. The highest BCUT2D eigenvalue weighted by Crippen LogP contribution is 2.03. The largest absolute Gasteiger partial charge is 0.355 e. The van der Waals surface area contributed by atoms with E-state index >= 15 is 0 Å². The normalized spacial score (nSPS) is 19.4. The molecule has 0 aromatic rings. The second-order valence-electron chi connectivity index (χ2n) is 3.76. The van der Waals surface area contributed by atoms with E-state index in [9.17, 15) is 9.59 Å². The standard InChI is InChI=1S/C10H18BrN3O2/c11-4-2-6-13-9(15)7-14-10(16)8-3-1-5-12-8/h8,12H,1-7H2,(H,13,15)(H,14,16)/t8-/m0/s1. The quantitative estimate of drug-likeness (QED) is 0.467. The first-order valence-electron chi connectivity index (χ1n) is 5.58. The maximum atomic E-state index is 11.5. The predicted molar refractivity (Wildman–Crippen MR) is 65.5 cm³/mol. The molecule has 0 unspecified atom stereocenters. The Hall–Kier alpha value is -0.620. The lowest BCUT2D eigenvalue weighted by Crippen LogP contribution is -2.44. The molecule has 5 nitrogen and oxygen atoms in total. The van der Waals surface area contributed by atoms with Gasteiger partial charge in [0.2, 0.25) is 11.8 Å². The molecule has 1 aliphatic rings. The van der Waals surface area contributed by atoms with Crippen molar-refractivity contribution >= 4 is 27.7 Å². The third kappa shape index (κ3) is 4.94. The molecular weight excluding hydrogens is 274 g/mol. The van der Waals surface area contributed by atoms with Crippen LogP contribution < -0.4 is 16.0 Å². The van der Waals surface area contributed by atoms with E-state index in [1.807, 2.05) is 0 Å². The lowest BCUT2D eigenvalue weighted by Gasteiger charge is -2.10. The fourth-order valence-corrected chi connectivity index (χ4v) is 1.84. The number of alkyl halides is 1. The van der Waals surface area contributed by atoms with Crippen LogP contribution in [0.4, 0.5) is 0 Å². The number of rotatable bonds is 6. The zero-order valence-electron chi connectivity index (χ0n) is 9.22. The number of amides is 2. The number of hydrogen-bond donors (Lipinski definition) is 3. The molecule has 1 rings (SSSR count). The Morgan fingerprint density at radius 1 is 1.38 bits per heavy atom. The van der Waals surface area contributed by atoms with Gasteiger partial charge >= 0.3 is 0 Å². The van der Waals surface area contributed by atoms with Crippen LogP contribution in [0.5, 0.6) is 0 Å². The third-order valence-electron chi connectivity index (χ3n) is 2.43. The fraction of sp³-hybridized carbons (Fsp3) is 0.800. The summed E-state index contributed by atoms with van der Waals surface area (Å²) in [5.74, 6) is -0.208. The van der Waals surface area contributed by atoms with Crippen LogP contribution in [-0.2, 0) is 9.59 Å². The molecule has 1 aliphatic heterocycles. The minimum absolute atomic E-state index is 0.0687. The van der Waals surface area contributed by atoms with Gasteiger partial charge in [0.15, 0.2) is 0 Å². The van der Waals surface area contributed by atoms with E-state index < -0.39 is 0 Å². The molecule has 1 fully saturated rings. The SMILES string of the molecule is O=C(CNC(=O)[C@@H]1CCCN1)NCCCBr. The number of halogens is 1. The van der Waals surface area contributed by atoms with Gasteiger partial charge in [0.1, 0.15) is 0 Å². The summed E-state index contributed by atoms with van der Waals surface area (Å²) in [7, 11) is 0. The summed E-state index contributed by atoms with van der Waals surface area (Å²) < 4.78 is 0. The van der Waals surface area contributed by atoms with Gasteiger partial charge in [-0.25, -0.2) is 0 Å². The van der Waals surface area contributed by atoms with E-state index in [0.717, 1.165) is 31.1 Å². The number of hydrogen-bond acceptors (Lipinski definition) is 3. The van der Waals surface area contributed by atoms with E-state index in [1.54, 1.807) is 0 Å². The van der Waals surface area contributed by atoms with Gasteiger partial charge in [0.05, 0.1) is 12.6 Å². The van der Waals surface area contributed by atoms with Crippen LogP contribution in [0.2, 0.25) is 0 Å². The molecule has 0 aromatic carbocycles. The van der Waals surface area contributed by atoms with E-state index in [1.165, 1.54) is 0 Å². The molecule has 0 bridgehead atoms. The topological polar surface area (TPSA) is 70.2 Å². The van der Waals surface area contributed by atoms with Crippen LogP contribution in [0.15, 0.2) is 0 Å². The van der Waals surface area contributed by atoms with Gasteiger partial charge in [0, 0.05) is 11.9 Å². The molecule has 92 valence electrons. The van der Waals surface area contributed by atoms with Gasteiger partial charge in [-0.3, -0.25) is 9.59 Å². The second-order valence-corrected chi connectivity index (χ2v) is 4.55. The number of nitrogens with one attached hydrogen (secondary N) is 3. The molecular formula is C10H18BrN3O2. The molecule has 6 heteroatoms. The first-order chi connectivity index (χ1) is 7.74. The zero-order valence-corrected chi connectivity index (χ0v) is 10.8. The van der Waals surface area contributed by atoms with Crippen molar-refractivity contribution < 1.29 is 9.59 Å². The van der Waals surface area contributed by atoms with Crippen LogP contribution in [0, 0.1) is 0 Å². The summed E-state index contributed by atoms with van der Waals surface area (Å²) in [6, 6.07) is -0.115. The maximum Gasteiger partial charge on any atom is 0.239 e. The van der Waals surface area contributed by atoms with Crippen LogP contribution >= 0.6 is 15.9 Å². The van der Waals surface area contributed by atoms with Crippen molar-refractivity contribution in [1.82, 2.24) is 16.0 Å². The predicted octanol–water partition coefficient (Wildman–Crippen LogP) is -0.244. The van der Waals surface area contributed by atoms with Crippen molar-refractivity contribution in [3.63, 3.8) is 0 Å². The second kappa shape index (κ2) is 7.62. The highest BCUT2D eigenvalue weighted by molar-refractivity contribution is 9.09. The highest BCUT2D eigenvalue weighted by atomic mass is 79.9. The Morgan fingerprint density at radius 2 is 2.19 bits per heavy atom. The summed E-state index contributed by atoms with van der Waals surface area (Å²) in [5.41, 5.74) is 0. The zero-order chi connectivity index (χ0) is 11.8. The minimum atomic E-state index is -0.132. The van der Waals surface area contributed by atoms with Gasteiger partial charge in [-0.2, -0.15) is 0 Å². The summed E-state index contributed by atoms with van der Waals surface area (Å²) in [6.07, 6.45) is 2.77. The van der Waals surface area contributed by atoms with Gasteiger partial charge in [-0.05, 0) is 25.8 Å². The smallest absolute Gasteiger partial charge is 0.239 e. The molecule has 1 heterocycles. The van der Waals surface area contributed by atoms with Crippen molar-refractivity contribution in [2.75, 3.05) is 25.0 Å². The molecule has 0 aliphatic carbocycles. The van der Waals surface area contributed by atoms with Crippen LogP contribution in [0.1, 0.15) is 19.3 Å². The Morgan fingerprint density at radius 3 is 2.81 bits per heavy atom. The van der Waals surface area contributed by atoms with Crippen molar-refractivity contribution in [3.05, 3.63) is 0 Å². The van der Waals surface area contributed by atoms with E-state index in [4.69, 9.17) is 0 Å². The average Bonchev–Trinajstić information content (AvgIpc) is 2.79. The average molecular weight is 292 g/mol. The molecule has 1 saturated heterocycles. The van der Waals surface area contributed by atoms with Gasteiger partial charge < -0.3 is 16.0 Å². The van der Waals surface area contributed by atoms with Crippen LogP contribution in [0.25, 0.3) is 0 Å². The monoisotopic (exact) mass is 291 g/mol. The number of carbonyl (C=O) groups is 2. The van der Waals surface area contributed by atoms with E-state index in [0.29, 0.717) is 6.54 Å². The molecule has 3 N–H and O–H groups in total. The van der Waals surface area contributed by atoms with Crippen molar-refractivity contribution in [1.29, 1.82) is 0 Å². The van der Waals surface area contributed by atoms with Gasteiger partial charge in [0.25, 0.3) is 0 Å². The van der Waals surface area contributed by atoms with E-state index in [2.05, 4.69) is 31.9 Å². The highest BCUT2D eigenvalue weighted by Gasteiger charge is 2.21. The Kier molecular flexibility index (Phi) is 6.40. The van der Waals surface area contributed by atoms with Crippen molar-refractivity contribution in [2.45, 2.75) is 25.3 Å². The van der Waals surface area contributed by atoms with Crippen LogP contribution in [-0.4, -0.2) is 42.8 Å². The Labute approximate surface area is 104 Å². The summed E-state index contributed by atoms with van der Waals surface area (Å²) in [6.45, 7) is 1.59. The first-order valence-corrected chi connectivity index (χ1v) is 6.70. The maximum absolute atomic E-state index is 11.5. The minimum Gasteiger partial charge on any atom is -0.355 e. The first kappa shape index (κ1) is 13.4. The Bertz CT molecular complexity index is 242. The molecule has 0 radical (unpaired) electrons. The summed E-state index contributed by atoms with van der Waals surface area (Å²) in [5, 5.41) is 9.30. The molecule has 2 amide bonds. The van der Waals surface area contributed by atoms with Crippen LogP contribution in [0.3, 0.4) is 0 Å². The van der Waals surface area contributed by atoms with E-state index in [-0.39, 0.29) is 24.4 Å². The van der Waals surface area contributed by atoms with Gasteiger partial charge in [-0.15, -0.1) is 0 Å². The number of carbonyl (C=O) groups excluding carboxylic acids is 2. The molecule has 0 aromatic heterocycles.